The molecule has 0 aliphatic heterocycles. The minimum Gasteiger partial charge on any atom is -0.478 e. The van der Waals surface area contributed by atoms with Crippen LogP contribution in [0.5, 0.6) is 0 Å². The predicted molar refractivity (Wildman–Crippen MR) is 73.0 cm³/mol. The molecule has 0 radical (unpaired) electrons. The number of urea groups is 1. The molecular formula is C13H11ClN2O4. The standard InChI is InChI=1S/C13H11ClN2O4/c14-11-2-1-9(5-10(11)12(17)18)16-13(19)15-6-8-3-4-20-7-8/h1-5,7H,6H2,(H,17,18)(H2,15,16,19). The van der Waals surface area contributed by atoms with Gasteiger partial charge in [0, 0.05) is 17.8 Å². The topological polar surface area (TPSA) is 91.6 Å². The Morgan fingerprint density at radius 2 is 2.10 bits per heavy atom. The number of hydrogen-bond donors (Lipinski definition) is 3. The van der Waals surface area contributed by atoms with E-state index in [1.54, 1.807) is 6.07 Å². The molecule has 6 nitrogen and oxygen atoms in total. The average Bonchev–Trinajstić information content (AvgIpc) is 2.91. The molecule has 0 aliphatic carbocycles. The molecule has 2 amide bonds. The first-order valence-electron chi connectivity index (χ1n) is 5.65. The Morgan fingerprint density at radius 1 is 1.30 bits per heavy atom. The Morgan fingerprint density at radius 3 is 2.75 bits per heavy atom. The normalized spacial score (nSPS) is 10.1. The van der Waals surface area contributed by atoms with Crippen LogP contribution in [0.2, 0.25) is 5.02 Å². The lowest BCUT2D eigenvalue weighted by atomic mass is 10.2. The SMILES string of the molecule is O=C(NCc1ccoc1)Nc1ccc(Cl)c(C(=O)O)c1. The van der Waals surface area contributed by atoms with Crippen molar-refractivity contribution in [3.63, 3.8) is 0 Å². The highest BCUT2D eigenvalue weighted by molar-refractivity contribution is 6.33. The van der Waals surface area contributed by atoms with Gasteiger partial charge in [0.2, 0.25) is 0 Å². The van der Waals surface area contributed by atoms with Gasteiger partial charge in [0.1, 0.15) is 0 Å². The van der Waals surface area contributed by atoms with Crippen LogP contribution in [0.25, 0.3) is 0 Å². The summed E-state index contributed by atoms with van der Waals surface area (Å²) in [5, 5.41) is 14.2. The molecule has 2 rings (SSSR count). The molecular weight excluding hydrogens is 284 g/mol. The van der Waals surface area contributed by atoms with E-state index < -0.39 is 12.0 Å². The Kier molecular flexibility index (Phi) is 4.27. The molecule has 7 heteroatoms. The van der Waals surface area contributed by atoms with E-state index in [0.29, 0.717) is 12.2 Å². The number of anilines is 1. The van der Waals surface area contributed by atoms with E-state index in [1.165, 1.54) is 30.7 Å². The van der Waals surface area contributed by atoms with Gasteiger partial charge in [-0.1, -0.05) is 11.6 Å². The molecule has 0 saturated carbocycles. The van der Waals surface area contributed by atoms with Gasteiger partial charge in [-0.05, 0) is 24.3 Å². The predicted octanol–water partition coefficient (Wildman–Crippen LogP) is 2.95. The fourth-order valence-corrected chi connectivity index (χ4v) is 1.72. The number of aromatic carboxylic acids is 1. The summed E-state index contributed by atoms with van der Waals surface area (Å²) in [4.78, 5) is 22.6. The van der Waals surface area contributed by atoms with Gasteiger partial charge in [0.05, 0.1) is 23.1 Å². The summed E-state index contributed by atoms with van der Waals surface area (Å²) < 4.78 is 4.87. The van der Waals surface area contributed by atoms with Crippen molar-refractivity contribution in [2.75, 3.05) is 5.32 Å². The third-order valence-corrected chi connectivity index (χ3v) is 2.82. The fraction of sp³-hybridized carbons (Fsp3) is 0.0769. The molecule has 3 N–H and O–H groups in total. The van der Waals surface area contributed by atoms with E-state index in [1.807, 2.05) is 0 Å². The smallest absolute Gasteiger partial charge is 0.337 e. The third kappa shape index (κ3) is 3.52. The van der Waals surface area contributed by atoms with Crippen LogP contribution in [0, 0.1) is 0 Å². The molecule has 0 unspecified atom stereocenters. The molecule has 104 valence electrons. The summed E-state index contributed by atoms with van der Waals surface area (Å²) in [5.41, 5.74) is 1.10. The number of carboxylic acids is 1. The first kappa shape index (κ1) is 14.0. The van der Waals surface area contributed by atoms with E-state index in [4.69, 9.17) is 21.1 Å². The summed E-state index contributed by atoms with van der Waals surface area (Å²) in [6, 6.07) is 5.50. The van der Waals surface area contributed by atoms with Gasteiger partial charge in [-0.3, -0.25) is 0 Å². The maximum absolute atomic E-state index is 11.6. The van der Waals surface area contributed by atoms with Crippen molar-refractivity contribution in [3.05, 3.63) is 52.9 Å². The highest BCUT2D eigenvalue weighted by Gasteiger charge is 2.10. The van der Waals surface area contributed by atoms with Crippen LogP contribution in [0.1, 0.15) is 15.9 Å². The Bertz CT molecular complexity index is 625. The van der Waals surface area contributed by atoms with Gasteiger partial charge in [-0.2, -0.15) is 0 Å². The maximum atomic E-state index is 11.6. The van der Waals surface area contributed by atoms with Gasteiger partial charge >= 0.3 is 12.0 Å². The van der Waals surface area contributed by atoms with Crippen LogP contribution in [0.3, 0.4) is 0 Å². The second-order valence-corrected chi connectivity index (χ2v) is 4.35. The number of rotatable bonds is 4. The largest absolute Gasteiger partial charge is 0.478 e. The van der Waals surface area contributed by atoms with Crippen molar-refractivity contribution in [1.82, 2.24) is 5.32 Å². The van der Waals surface area contributed by atoms with Crippen molar-refractivity contribution in [2.24, 2.45) is 0 Å². The Labute approximate surface area is 119 Å². The summed E-state index contributed by atoms with van der Waals surface area (Å²) in [6.45, 7) is 0.307. The molecule has 0 bridgehead atoms. The van der Waals surface area contributed by atoms with Gasteiger partial charge in [0.15, 0.2) is 0 Å². The number of carbonyl (C=O) groups excluding carboxylic acids is 1. The summed E-state index contributed by atoms with van der Waals surface area (Å²) in [7, 11) is 0. The zero-order valence-corrected chi connectivity index (χ0v) is 11.0. The minimum absolute atomic E-state index is 0.0701. The van der Waals surface area contributed by atoms with E-state index in [9.17, 15) is 9.59 Å². The van der Waals surface area contributed by atoms with Crippen molar-refractivity contribution in [2.45, 2.75) is 6.54 Å². The monoisotopic (exact) mass is 294 g/mol. The molecule has 0 spiro atoms. The maximum Gasteiger partial charge on any atom is 0.337 e. The molecule has 0 atom stereocenters. The second-order valence-electron chi connectivity index (χ2n) is 3.94. The highest BCUT2D eigenvalue weighted by atomic mass is 35.5. The minimum atomic E-state index is -1.16. The molecule has 2 aromatic rings. The van der Waals surface area contributed by atoms with Crippen LogP contribution >= 0.6 is 11.6 Å². The highest BCUT2D eigenvalue weighted by Crippen LogP contribution is 2.20. The lowest BCUT2D eigenvalue weighted by molar-refractivity contribution is 0.0697. The van der Waals surface area contributed by atoms with Gasteiger partial charge in [0.25, 0.3) is 0 Å². The summed E-state index contributed by atoms with van der Waals surface area (Å²) >= 11 is 5.74. The van der Waals surface area contributed by atoms with Crippen LogP contribution in [-0.4, -0.2) is 17.1 Å². The molecule has 20 heavy (non-hydrogen) atoms. The summed E-state index contributed by atoms with van der Waals surface area (Å²) in [6.07, 6.45) is 3.03. The number of carbonyl (C=O) groups is 2. The van der Waals surface area contributed by atoms with Crippen LogP contribution < -0.4 is 10.6 Å². The summed E-state index contributed by atoms with van der Waals surface area (Å²) in [5.74, 6) is -1.16. The number of carboxylic acid groups (broad SMARTS) is 1. The van der Waals surface area contributed by atoms with Crippen molar-refractivity contribution in [3.8, 4) is 0 Å². The van der Waals surface area contributed by atoms with E-state index in [0.717, 1.165) is 5.56 Å². The van der Waals surface area contributed by atoms with Gasteiger partial charge in [-0.25, -0.2) is 9.59 Å². The quantitative estimate of drug-likeness (QED) is 0.808. The van der Waals surface area contributed by atoms with Crippen LogP contribution in [0.15, 0.2) is 41.2 Å². The average molecular weight is 295 g/mol. The number of nitrogens with one attached hydrogen (secondary N) is 2. The molecule has 0 fully saturated rings. The number of halogens is 1. The van der Waals surface area contributed by atoms with Crippen molar-refractivity contribution < 1.29 is 19.1 Å². The number of benzene rings is 1. The second kappa shape index (κ2) is 6.12. The van der Waals surface area contributed by atoms with E-state index in [2.05, 4.69) is 10.6 Å². The van der Waals surface area contributed by atoms with Crippen molar-refractivity contribution >= 4 is 29.3 Å². The number of hydrogen-bond acceptors (Lipinski definition) is 3. The molecule has 0 aliphatic rings. The Hall–Kier alpha value is -2.47. The van der Waals surface area contributed by atoms with E-state index in [-0.39, 0.29) is 10.6 Å². The van der Waals surface area contributed by atoms with Gasteiger partial charge in [-0.15, -0.1) is 0 Å². The van der Waals surface area contributed by atoms with E-state index >= 15 is 0 Å². The molecule has 0 saturated heterocycles. The first-order valence-corrected chi connectivity index (χ1v) is 6.03. The van der Waals surface area contributed by atoms with Gasteiger partial charge < -0.3 is 20.2 Å². The third-order valence-electron chi connectivity index (χ3n) is 2.49. The number of amides is 2. The molecule has 1 heterocycles. The lowest BCUT2D eigenvalue weighted by Crippen LogP contribution is -2.28. The zero-order chi connectivity index (χ0) is 14.5. The van der Waals surface area contributed by atoms with Crippen LogP contribution in [0.4, 0.5) is 10.5 Å². The molecule has 1 aromatic carbocycles. The van der Waals surface area contributed by atoms with Crippen LogP contribution in [-0.2, 0) is 6.54 Å². The molecule has 1 aromatic heterocycles. The lowest BCUT2D eigenvalue weighted by Gasteiger charge is -2.08. The fourth-order valence-electron chi connectivity index (χ4n) is 1.52. The van der Waals surface area contributed by atoms with Crippen molar-refractivity contribution in [1.29, 1.82) is 0 Å². The Balaban J connectivity index is 1.97. The first-order chi connectivity index (χ1) is 9.56. The number of furan rings is 1. The zero-order valence-electron chi connectivity index (χ0n) is 10.2.